The predicted octanol–water partition coefficient (Wildman–Crippen LogP) is 1.80. The van der Waals surface area contributed by atoms with E-state index in [2.05, 4.69) is 48.1 Å². The minimum absolute atomic E-state index is 0.00660. The number of allylic oxidation sites excluding steroid dienone is 1. The monoisotopic (exact) mass is 552 g/mol. The van der Waals surface area contributed by atoms with Crippen molar-refractivity contribution in [2.45, 2.75) is 95.2 Å². The zero-order valence-corrected chi connectivity index (χ0v) is 24.2. The van der Waals surface area contributed by atoms with Gasteiger partial charge in [-0.3, -0.25) is 9.59 Å². The third kappa shape index (κ3) is 8.89. The lowest BCUT2D eigenvalue weighted by Gasteiger charge is -2.42. The molecule has 2 aliphatic heterocycles. The second-order valence-corrected chi connectivity index (χ2v) is 11.3. The lowest BCUT2D eigenvalue weighted by molar-refractivity contribution is -0.122. The van der Waals surface area contributed by atoms with E-state index in [1.807, 2.05) is 0 Å². The summed E-state index contributed by atoms with van der Waals surface area (Å²) in [5.74, 6) is -0.154. The number of rotatable bonds is 16. The van der Waals surface area contributed by atoms with Crippen LogP contribution in [0.15, 0.2) is 11.6 Å². The van der Waals surface area contributed by atoms with Gasteiger partial charge >= 0.3 is 6.09 Å². The van der Waals surface area contributed by atoms with E-state index in [-0.39, 0.29) is 53.8 Å². The fraction of sp³-hybridized carbons (Fsp3) is 0.821. The van der Waals surface area contributed by atoms with Crippen molar-refractivity contribution in [3.8, 4) is 0 Å². The molecular formula is C28H48N4O7. The van der Waals surface area contributed by atoms with Gasteiger partial charge in [-0.25, -0.2) is 4.79 Å². The normalized spacial score (nSPS) is 30.8. The first-order valence-electron chi connectivity index (χ1n) is 14.3. The number of likely N-dealkylation sites (N-methyl/N-ethyl adjacent to an activating group) is 1. The number of methoxy groups -OCH3 is 1. The van der Waals surface area contributed by atoms with Crippen molar-refractivity contribution in [2.75, 3.05) is 46.9 Å². The standard InChI is InChI=1S/C28H48N4O7/c1-19(2)10-11-21-27(3,39-21)25-24(36-5)20(12-13-28(25)18-37-28)38-26(35)32-14-8-6-7-9-22(33)30-15-16-31-23(34)17-29-4/h10,20-21,24-25,29H,6-9,11-18H2,1-5H3,(H,30,33)(H,31,34)(H,32,35)/t20?,21-,24?,25?,27+,28+/m1/s1. The van der Waals surface area contributed by atoms with Crippen LogP contribution in [0.3, 0.4) is 0 Å². The van der Waals surface area contributed by atoms with Crippen LogP contribution in [0.4, 0.5) is 4.79 Å². The molecule has 3 unspecified atom stereocenters. The largest absolute Gasteiger partial charge is 0.443 e. The van der Waals surface area contributed by atoms with Crippen molar-refractivity contribution in [3.63, 3.8) is 0 Å². The highest BCUT2D eigenvalue weighted by Crippen LogP contribution is 2.59. The molecule has 3 aliphatic rings. The average molecular weight is 553 g/mol. The molecule has 222 valence electrons. The molecule has 4 N–H and O–H groups in total. The number of hydrogen-bond donors (Lipinski definition) is 4. The Kier molecular flexibility index (Phi) is 11.6. The first-order valence-corrected chi connectivity index (χ1v) is 14.3. The first-order chi connectivity index (χ1) is 18.6. The van der Waals surface area contributed by atoms with E-state index < -0.39 is 6.09 Å². The SMILES string of the molecule is CNCC(=O)NCCNC(=O)CCCCCNC(=O)OC1CC[C@]2(CO2)C([C@@]2(C)O[C@@H]2CC=C(C)C)C1OC. The summed E-state index contributed by atoms with van der Waals surface area (Å²) < 4.78 is 23.9. The Bertz CT molecular complexity index is 874. The summed E-state index contributed by atoms with van der Waals surface area (Å²) in [6.45, 7) is 8.53. The minimum atomic E-state index is -0.450. The highest BCUT2D eigenvalue weighted by molar-refractivity contribution is 5.78. The number of alkyl carbamates (subject to hydrolysis) is 1. The lowest BCUT2D eigenvalue weighted by atomic mass is 9.68. The number of nitrogens with one attached hydrogen (secondary N) is 4. The Hall–Kier alpha value is -2.21. The second kappa shape index (κ2) is 14.4. The zero-order chi connectivity index (χ0) is 28.5. The van der Waals surface area contributed by atoms with Crippen LogP contribution in [0.25, 0.3) is 0 Å². The van der Waals surface area contributed by atoms with E-state index in [1.54, 1.807) is 14.2 Å². The van der Waals surface area contributed by atoms with E-state index in [9.17, 15) is 14.4 Å². The highest BCUT2D eigenvalue weighted by Gasteiger charge is 2.72. The summed E-state index contributed by atoms with van der Waals surface area (Å²) in [5, 5.41) is 11.1. The molecule has 2 heterocycles. The van der Waals surface area contributed by atoms with Crippen molar-refractivity contribution in [3.05, 3.63) is 11.6 Å². The molecule has 39 heavy (non-hydrogen) atoms. The summed E-state index contributed by atoms with van der Waals surface area (Å²) in [6.07, 6.45) is 6.22. The van der Waals surface area contributed by atoms with Gasteiger partial charge in [-0.2, -0.15) is 0 Å². The molecule has 1 aliphatic carbocycles. The van der Waals surface area contributed by atoms with Crippen LogP contribution >= 0.6 is 0 Å². The van der Waals surface area contributed by atoms with Gasteiger partial charge in [-0.15, -0.1) is 0 Å². The van der Waals surface area contributed by atoms with Crippen LogP contribution in [-0.2, 0) is 28.5 Å². The van der Waals surface area contributed by atoms with Crippen LogP contribution in [0, 0.1) is 5.92 Å². The summed E-state index contributed by atoms with van der Waals surface area (Å²) in [7, 11) is 3.37. The van der Waals surface area contributed by atoms with Crippen LogP contribution < -0.4 is 21.3 Å². The maximum atomic E-state index is 12.6. The lowest BCUT2D eigenvalue weighted by Crippen LogP contribution is -2.56. The van der Waals surface area contributed by atoms with Gasteiger partial charge in [0, 0.05) is 33.2 Å². The van der Waals surface area contributed by atoms with Gasteiger partial charge in [0.2, 0.25) is 11.8 Å². The smallest absolute Gasteiger partial charge is 0.407 e. The van der Waals surface area contributed by atoms with Crippen molar-refractivity contribution in [1.29, 1.82) is 0 Å². The van der Waals surface area contributed by atoms with Crippen LogP contribution in [-0.4, -0.2) is 94.4 Å². The number of unbranched alkanes of at least 4 members (excludes halogenated alkanes) is 2. The van der Waals surface area contributed by atoms with Crippen molar-refractivity contribution < 1.29 is 33.3 Å². The molecule has 3 fully saturated rings. The summed E-state index contributed by atoms with van der Waals surface area (Å²) in [4.78, 5) is 35.8. The van der Waals surface area contributed by atoms with E-state index in [0.29, 0.717) is 39.1 Å². The minimum Gasteiger partial charge on any atom is -0.443 e. The Labute approximate surface area is 232 Å². The van der Waals surface area contributed by atoms with Gasteiger partial charge in [0.25, 0.3) is 0 Å². The summed E-state index contributed by atoms with van der Waals surface area (Å²) in [5.41, 5.74) is 0.646. The van der Waals surface area contributed by atoms with Gasteiger partial charge in [-0.05, 0) is 59.9 Å². The van der Waals surface area contributed by atoms with Crippen molar-refractivity contribution in [1.82, 2.24) is 21.3 Å². The predicted molar refractivity (Wildman–Crippen MR) is 146 cm³/mol. The Morgan fingerprint density at radius 2 is 1.74 bits per heavy atom. The number of epoxide rings is 2. The van der Waals surface area contributed by atoms with Crippen LogP contribution in [0.2, 0.25) is 0 Å². The summed E-state index contributed by atoms with van der Waals surface area (Å²) in [6, 6.07) is 0. The zero-order valence-electron chi connectivity index (χ0n) is 24.2. The molecule has 0 radical (unpaired) electrons. The Morgan fingerprint density at radius 1 is 1.03 bits per heavy atom. The molecule has 0 aromatic carbocycles. The van der Waals surface area contributed by atoms with E-state index in [0.717, 1.165) is 32.1 Å². The van der Waals surface area contributed by atoms with Gasteiger partial charge in [0.1, 0.15) is 23.4 Å². The molecule has 11 heteroatoms. The fourth-order valence-corrected chi connectivity index (χ4v) is 5.74. The molecule has 3 rings (SSSR count). The molecule has 1 saturated carbocycles. The number of amides is 3. The quantitative estimate of drug-likeness (QED) is 0.129. The molecule has 11 nitrogen and oxygen atoms in total. The summed E-state index contributed by atoms with van der Waals surface area (Å²) >= 11 is 0. The average Bonchev–Trinajstić information content (AvgIpc) is 3.80. The van der Waals surface area contributed by atoms with Gasteiger partial charge in [0.15, 0.2) is 0 Å². The maximum Gasteiger partial charge on any atom is 0.407 e. The van der Waals surface area contributed by atoms with Gasteiger partial charge < -0.3 is 40.2 Å². The highest BCUT2D eigenvalue weighted by atomic mass is 16.6. The number of hydrogen-bond acceptors (Lipinski definition) is 8. The van der Waals surface area contributed by atoms with Crippen LogP contribution in [0.5, 0.6) is 0 Å². The van der Waals surface area contributed by atoms with Crippen LogP contribution in [0.1, 0.15) is 65.7 Å². The molecule has 1 spiro atoms. The molecule has 6 atom stereocenters. The number of carbonyl (C=O) groups is 3. The molecule has 0 aromatic heterocycles. The van der Waals surface area contributed by atoms with Crippen molar-refractivity contribution in [2.24, 2.45) is 5.92 Å². The van der Waals surface area contributed by atoms with Gasteiger partial charge in [0.05, 0.1) is 25.2 Å². The molecular weight excluding hydrogens is 504 g/mol. The first kappa shape index (κ1) is 31.3. The topological polar surface area (TPSA) is 143 Å². The molecule has 0 aromatic rings. The Balaban J connectivity index is 1.33. The third-order valence-electron chi connectivity index (χ3n) is 7.95. The molecule has 2 saturated heterocycles. The van der Waals surface area contributed by atoms with Gasteiger partial charge in [-0.1, -0.05) is 18.1 Å². The number of ether oxygens (including phenoxy) is 4. The Morgan fingerprint density at radius 3 is 2.38 bits per heavy atom. The van der Waals surface area contributed by atoms with Crippen molar-refractivity contribution >= 4 is 17.9 Å². The van der Waals surface area contributed by atoms with E-state index in [4.69, 9.17) is 18.9 Å². The second-order valence-electron chi connectivity index (χ2n) is 11.3. The third-order valence-corrected chi connectivity index (χ3v) is 7.95. The maximum absolute atomic E-state index is 12.6. The fourth-order valence-electron chi connectivity index (χ4n) is 5.74. The van der Waals surface area contributed by atoms with E-state index in [1.165, 1.54) is 5.57 Å². The van der Waals surface area contributed by atoms with E-state index >= 15 is 0 Å². The molecule has 3 amide bonds. The molecule has 0 bridgehead atoms. The number of carbonyl (C=O) groups excluding carboxylic acids is 3.